The fourth-order valence-corrected chi connectivity index (χ4v) is 1.50. The molecule has 0 spiro atoms. The van der Waals surface area contributed by atoms with E-state index in [9.17, 15) is 4.79 Å². The minimum Gasteiger partial charge on any atom is -0.476 e. The fourth-order valence-electron chi connectivity index (χ4n) is 1.50. The molecule has 0 amide bonds. The third kappa shape index (κ3) is 2.66. The Morgan fingerprint density at radius 1 is 1.26 bits per heavy atom. The molecule has 1 N–H and O–H groups in total. The summed E-state index contributed by atoms with van der Waals surface area (Å²) in [6.07, 6.45) is 2.60. The Bertz CT molecular complexity index is 629. The summed E-state index contributed by atoms with van der Waals surface area (Å²) in [5.41, 5.74) is 1.30. The van der Waals surface area contributed by atoms with Gasteiger partial charge < -0.3 is 10.0 Å². The molecule has 0 aliphatic rings. The smallest absolute Gasteiger partial charge is 0.356 e. The predicted molar refractivity (Wildman–Crippen MR) is 68.2 cm³/mol. The largest absolute Gasteiger partial charge is 0.476 e. The van der Waals surface area contributed by atoms with Crippen molar-refractivity contribution in [3.8, 4) is 6.07 Å². The molecule has 0 saturated carbocycles. The van der Waals surface area contributed by atoms with Gasteiger partial charge in [0, 0.05) is 12.7 Å². The van der Waals surface area contributed by atoms with E-state index in [4.69, 9.17) is 10.4 Å². The number of benzene rings is 1. The Morgan fingerprint density at radius 2 is 1.95 bits per heavy atom. The SMILES string of the molecule is CN(c1ccc(C#N)cc1)c1cnc(C(=O)O)cn1. The van der Waals surface area contributed by atoms with E-state index in [1.807, 2.05) is 6.07 Å². The van der Waals surface area contributed by atoms with E-state index in [1.165, 1.54) is 12.4 Å². The number of nitrogens with zero attached hydrogens (tertiary/aromatic N) is 4. The number of aromatic carboxylic acids is 1. The van der Waals surface area contributed by atoms with Gasteiger partial charge in [-0.3, -0.25) is 0 Å². The first kappa shape index (κ1) is 12.5. The van der Waals surface area contributed by atoms with E-state index < -0.39 is 5.97 Å². The topological polar surface area (TPSA) is 90.1 Å². The van der Waals surface area contributed by atoms with Gasteiger partial charge in [-0.25, -0.2) is 14.8 Å². The first-order valence-electron chi connectivity index (χ1n) is 5.41. The molecule has 2 aromatic rings. The molecule has 0 aliphatic heterocycles. The van der Waals surface area contributed by atoms with Gasteiger partial charge in [0.25, 0.3) is 0 Å². The van der Waals surface area contributed by atoms with Crippen LogP contribution in [0.3, 0.4) is 0 Å². The quantitative estimate of drug-likeness (QED) is 0.898. The van der Waals surface area contributed by atoms with Crippen molar-refractivity contribution >= 4 is 17.5 Å². The van der Waals surface area contributed by atoms with Crippen molar-refractivity contribution in [3.05, 3.63) is 47.9 Å². The van der Waals surface area contributed by atoms with Gasteiger partial charge in [-0.2, -0.15) is 5.26 Å². The first-order valence-corrected chi connectivity index (χ1v) is 5.41. The maximum absolute atomic E-state index is 10.7. The standard InChI is InChI=1S/C13H10N4O2/c1-17(10-4-2-9(6-14)3-5-10)12-8-15-11(7-16-12)13(18)19/h2-5,7-8H,1H3,(H,18,19). The second-order valence-electron chi connectivity index (χ2n) is 3.78. The zero-order chi connectivity index (χ0) is 13.8. The second kappa shape index (κ2) is 5.14. The first-order chi connectivity index (χ1) is 9.11. The summed E-state index contributed by atoms with van der Waals surface area (Å²) in [5.74, 6) is -0.588. The highest BCUT2D eigenvalue weighted by atomic mass is 16.4. The fraction of sp³-hybridized carbons (Fsp3) is 0.0769. The lowest BCUT2D eigenvalue weighted by Gasteiger charge is -2.17. The number of anilines is 2. The normalized spacial score (nSPS) is 9.68. The van der Waals surface area contributed by atoms with E-state index in [1.54, 1.807) is 36.2 Å². The lowest BCUT2D eigenvalue weighted by atomic mass is 10.2. The summed E-state index contributed by atoms with van der Waals surface area (Å²) in [4.78, 5) is 20.3. The van der Waals surface area contributed by atoms with Gasteiger partial charge in [-0.15, -0.1) is 0 Å². The molecular formula is C13H10N4O2. The minimum absolute atomic E-state index is 0.100. The molecule has 0 bridgehead atoms. The summed E-state index contributed by atoms with van der Waals surface area (Å²) in [5, 5.41) is 17.5. The Hall–Kier alpha value is -2.94. The van der Waals surface area contributed by atoms with Crippen LogP contribution in [0.5, 0.6) is 0 Å². The molecule has 0 unspecified atom stereocenters. The van der Waals surface area contributed by atoms with Crippen LogP contribution in [0, 0.1) is 11.3 Å². The summed E-state index contributed by atoms with van der Waals surface area (Å²) in [6, 6.07) is 9.01. The summed E-state index contributed by atoms with van der Waals surface area (Å²) in [7, 11) is 1.78. The summed E-state index contributed by atoms with van der Waals surface area (Å²) < 4.78 is 0. The molecule has 1 heterocycles. The zero-order valence-electron chi connectivity index (χ0n) is 10.1. The van der Waals surface area contributed by atoms with E-state index in [0.717, 1.165) is 5.69 Å². The molecule has 2 rings (SSSR count). The van der Waals surface area contributed by atoms with Crippen LogP contribution in [-0.2, 0) is 0 Å². The number of carboxylic acid groups (broad SMARTS) is 1. The van der Waals surface area contributed by atoms with Crippen molar-refractivity contribution in [1.29, 1.82) is 5.26 Å². The van der Waals surface area contributed by atoms with Gasteiger partial charge in [-0.1, -0.05) is 0 Å². The molecule has 0 atom stereocenters. The van der Waals surface area contributed by atoms with Crippen LogP contribution in [0.4, 0.5) is 11.5 Å². The highest BCUT2D eigenvalue weighted by Gasteiger charge is 2.09. The molecule has 94 valence electrons. The van der Waals surface area contributed by atoms with E-state index >= 15 is 0 Å². The number of hydrogen-bond donors (Lipinski definition) is 1. The van der Waals surface area contributed by atoms with Crippen molar-refractivity contribution < 1.29 is 9.90 Å². The second-order valence-corrected chi connectivity index (χ2v) is 3.78. The highest BCUT2D eigenvalue weighted by Crippen LogP contribution is 2.20. The van der Waals surface area contributed by atoms with Crippen molar-refractivity contribution in [2.45, 2.75) is 0 Å². The van der Waals surface area contributed by atoms with Gasteiger partial charge in [0.15, 0.2) is 11.5 Å². The zero-order valence-corrected chi connectivity index (χ0v) is 10.1. The molecule has 1 aromatic heterocycles. The summed E-state index contributed by atoms with van der Waals surface area (Å²) >= 11 is 0. The maximum Gasteiger partial charge on any atom is 0.356 e. The lowest BCUT2D eigenvalue weighted by Crippen LogP contribution is -2.12. The van der Waals surface area contributed by atoms with Crippen LogP contribution in [0.15, 0.2) is 36.7 Å². The van der Waals surface area contributed by atoms with Crippen LogP contribution in [0.1, 0.15) is 16.1 Å². The lowest BCUT2D eigenvalue weighted by molar-refractivity contribution is 0.0690. The van der Waals surface area contributed by atoms with Crippen LogP contribution >= 0.6 is 0 Å². The maximum atomic E-state index is 10.7. The predicted octanol–water partition coefficient (Wildman–Crippen LogP) is 1.81. The van der Waals surface area contributed by atoms with Crippen molar-refractivity contribution in [1.82, 2.24) is 9.97 Å². The van der Waals surface area contributed by atoms with E-state index in [2.05, 4.69) is 9.97 Å². The number of aromatic nitrogens is 2. The molecule has 0 radical (unpaired) electrons. The van der Waals surface area contributed by atoms with E-state index in [-0.39, 0.29) is 5.69 Å². The van der Waals surface area contributed by atoms with Crippen molar-refractivity contribution in [2.75, 3.05) is 11.9 Å². The molecule has 0 aliphatic carbocycles. The minimum atomic E-state index is -1.11. The van der Waals surface area contributed by atoms with Gasteiger partial charge in [0.05, 0.1) is 24.0 Å². The Morgan fingerprint density at radius 3 is 2.42 bits per heavy atom. The molecule has 6 heteroatoms. The number of carbonyl (C=O) groups is 1. The van der Waals surface area contributed by atoms with Crippen molar-refractivity contribution in [3.63, 3.8) is 0 Å². The molecule has 0 fully saturated rings. The molecule has 6 nitrogen and oxygen atoms in total. The van der Waals surface area contributed by atoms with Crippen LogP contribution in [0.25, 0.3) is 0 Å². The van der Waals surface area contributed by atoms with Crippen LogP contribution in [0.2, 0.25) is 0 Å². The third-order valence-corrected chi connectivity index (χ3v) is 2.58. The monoisotopic (exact) mass is 254 g/mol. The number of hydrogen-bond acceptors (Lipinski definition) is 5. The molecule has 0 saturated heterocycles. The average Bonchev–Trinajstić information content (AvgIpc) is 2.46. The number of carboxylic acids is 1. The Balaban J connectivity index is 2.25. The molecule has 1 aromatic carbocycles. The number of nitriles is 1. The molecular weight excluding hydrogens is 244 g/mol. The average molecular weight is 254 g/mol. The van der Waals surface area contributed by atoms with Gasteiger partial charge in [0.2, 0.25) is 0 Å². The Labute approximate surface area is 109 Å². The van der Waals surface area contributed by atoms with E-state index in [0.29, 0.717) is 11.4 Å². The van der Waals surface area contributed by atoms with Gasteiger partial charge in [-0.05, 0) is 24.3 Å². The summed E-state index contributed by atoms with van der Waals surface area (Å²) in [6.45, 7) is 0. The molecule has 19 heavy (non-hydrogen) atoms. The Kier molecular flexibility index (Phi) is 3.39. The highest BCUT2D eigenvalue weighted by molar-refractivity contribution is 5.85. The number of rotatable bonds is 3. The van der Waals surface area contributed by atoms with Crippen LogP contribution < -0.4 is 4.90 Å². The van der Waals surface area contributed by atoms with Crippen LogP contribution in [-0.4, -0.2) is 28.1 Å². The van der Waals surface area contributed by atoms with Gasteiger partial charge in [0.1, 0.15) is 0 Å². The van der Waals surface area contributed by atoms with Gasteiger partial charge >= 0.3 is 5.97 Å². The third-order valence-electron chi connectivity index (χ3n) is 2.58. The van der Waals surface area contributed by atoms with Crippen molar-refractivity contribution in [2.24, 2.45) is 0 Å².